The molecule has 0 spiro atoms. The molecular formula is C22H36N4O. The van der Waals surface area contributed by atoms with Gasteiger partial charge in [-0.3, -0.25) is 4.99 Å². The number of nitrogens with zero attached hydrogens (tertiary/aromatic N) is 3. The molecule has 0 saturated carbocycles. The standard InChI is InChI=1S/C22H36N4O/c1-3-23-22(24-14-20-10-12-25(4-2)15-20)26-13-11-21(16-26)18-27-17-19-8-6-5-7-9-19/h5-9,20-21H,3-4,10-18H2,1-2H3,(H,23,24). The number of nitrogens with one attached hydrogen (secondary N) is 1. The average molecular weight is 373 g/mol. The fourth-order valence-electron chi connectivity index (χ4n) is 4.07. The summed E-state index contributed by atoms with van der Waals surface area (Å²) in [6.07, 6.45) is 2.47. The molecule has 2 saturated heterocycles. The van der Waals surface area contributed by atoms with E-state index < -0.39 is 0 Å². The van der Waals surface area contributed by atoms with E-state index in [-0.39, 0.29) is 0 Å². The van der Waals surface area contributed by atoms with Crippen LogP contribution in [0.15, 0.2) is 35.3 Å². The van der Waals surface area contributed by atoms with E-state index in [0.29, 0.717) is 18.4 Å². The maximum Gasteiger partial charge on any atom is 0.193 e. The number of rotatable bonds is 8. The van der Waals surface area contributed by atoms with E-state index in [4.69, 9.17) is 9.73 Å². The predicted molar refractivity (Wildman–Crippen MR) is 112 cm³/mol. The van der Waals surface area contributed by atoms with Crippen LogP contribution in [0.3, 0.4) is 0 Å². The third kappa shape index (κ3) is 6.22. The summed E-state index contributed by atoms with van der Waals surface area (Å²) in [7, 11) is 0. The van der Waals surface area contributed by atoms with E-state index in [9.17, 15) is 0 Å². The highest BCUT2D eigenvalue weighted by molar-refractivity contribution is 5.80. The summed E-state index contributed by atoms with van der Waals surface area (Å²) in [5, 5.41) is 3.50. The maximum absolute atomic E-state index is 5.96. The molecule has 0 aliphatic carbocycles. The summed E-state index contributed by atoms with van der Waals surface area (Å²) in [6, 6.07) is 10.4. The Morgan fingerprint density at radius 2 is 1.93 bits per heavy atom. The lowest BCUT2D eigenvalue weighted by Gasteiger charge is -2.22. The molecule has 1 aromatic carbocycles. The van der Waals surface area contributed by atoms with Gasteiger partial charge in [0.25, 0.3) is 0 Å². The van der Waals surface area contributed by atoms with Crippen molar-refractivity contribution in [1.29, 1.82) is 0 Å². The maximum atomic E-state index is 5.96. The number of guanidine groups is 1. The molecule has 150 valence electrons. The highest BCUT2D eigenvalue weighted by Gasteiger charge is 2.26. The first-order chi connectivity index (χ1) is 13.3. The fourth-order valence-corrected chi connectivity index (χ4v) is 4.07. The normalized spacial score (nSPS) is 23.9. The Hall–Kier alpha value is -1.59. The third-order valence-electron chi connectivity index (χ3n) is 5.70. The monoisotopic (exact) mass is 372 g/mol. The molecule has 2 aliphatic heterocycles. The molecule has 0 bridgehead atoms. The highest BCUT2D eigenvalue weighted by Crippen LogP contribution is 2.19. The van der Waals surface area contributed by atoms with Crippen LogP contribution in [0, 0.1) is 11.8 Å². The predicted octanol–water partition coefficient (Wildman–Crippen LogP) is 2.83. The smallest absolute Gasteiger partial charge is 0.193 e. The van der Waals surface area contributed by atoms with Gasteiger partial charge < -0.3 is 19.9 Å². The highest BCUT2D eigenvalue weighted by atomic mass is 16.5. The topological polar surface area (TPSA) is 40.1 Å². The van der Waals surface area contributed by atoms with E-state index in [0.717, 1.165) is 45.3 Å². The van der Waals surface area contributed by atoms with Crippen LogP contribution < -0.4 is 5.32 Å². The molecule has 0 radical (unpaired) electrons. The Labute approximate surface area is 164 Å². The lowest BCUT2D eigenvalue weighted by Crippen LogP contribution is -2.40. The minimum atomic E-state index is 0.597. The summed E-state index contributed by atoms with van der Waals surface area (Å²) in [5.74, 6) is 2.41. The van der Waals surface area contributed by atoms with Crippen LogP contribution in [0.2, 0.25) is 0 Å². The summed E-state index contributed by atoms with van der Waals surface area (Å²) in [4.78, 5) is 9.93. The van der Waals surface area contributed by atoms with Crippen LogP contribution in [-0.2, 0) is 11.3 Å². The molecule has 2 atom stereocenters. The number of ether oxygens (including phenoxy) is 1. The molecule has 5 heteroatoms. The van der Waals surface area contributed by atoms with Crippen molar-refractivity contribution in [2.45, 2.75) is 33.3 Å². The minimum absolute atomic E-state index is 0.597. The number of likely N-dealkylation sites (tertiary alicyclic amines) is 2. The molecule has 5 nitrogen and oxygen atoms in total. The molecule has 1 aromatic rings. The van der Waals surface area contributed by atoms with E-state index in [2.05, 4.69) is 53.2 Å². The quantitative estimate of drug-likeness (QED) is 0.563. The van der Waals surface area contributed by atoms with Crippen LogP contribution in [0.25, 0.3) is 0 Å². The van der Waals surface area contributed by atoms with Gasteiger partial charge >= 0.3 is 0 Å². The molecule has 27 heavy (non-hydrogen) atoms. The van der Waals surface area contributed by atoms with Crippen molar-refractivity contribution in [1.82, 2.24) is 15.1 Å². The Balaban J connectivity index is 1.43. The fraction of sp³-hybridized carbons (Fsp3) is 0.682. The van der Waals surface area contributed by atoms with Crippen LogP contribution >= 0.6 is 0 Å². The van der Waals surface area contributed by atoms with Crippen molar-refractivity contribution >= 4 is 5.96 Å². The molecule has 0 amide bonds. The minimum Gasteiger partial charge on any atom is -0.376 e. The first kappa shape index (κ1) is 20.2. The lowest BCUT2D eigenvalue weighted by atomic mass is 10.1. The Morgan fingerprint density at radius 1 is 1.11 bits per heavy atom. The van der Waals surface area contributed by atoms with Crippen molar-refractivity contribution in [3.63, 3.8) is 0 Å². The number of hydrogen-bond acceptors (Lipinski definition) is 3. The van der Waals surface area contributed by atoms with Gasteiger partial charge in [-0.1, -0.05) is 37.3 Å². The van der Waals surface area contributed by atoms with Crippen molar-refractivity contribution in [2.24, 2.45) is 16.8 Å². The average Bonchev–Trinajstić information content (AvgIpc) is 3.35. The molecule has 2 fully saturated rings. The lowest BCUT2D eigenvalue weighted by molar-refractivity contribution is 0.0906. The third-order valence-corrected chi connectivity index (χ3v) is 5.70. The van der Waals surface area contributed by atoms with E-state index in [1.807, 2.05) is 6.07 Å². The van der Waals surface area contributed by atoms with Crippen LogP contribution in [-0.4, -0.2) is 68.2 Å². The first-order valence-corrected chi connectivity index (χ1v) is 10.7. The van der Waals surface area contributed by atoms with Gasteiger partial charge in [-0.2, -0.15) is 0 Å². The Kier molecular flexibility index (Phi) is 7.96. The molecule has 3 rings (SSSR count). The van der Waals surface area contributed by atoms with Gasteiger partial charge in [0.1, 0.15) is 0 Å². The zero-order valence-electron chi connectivity index (χ0n) is 17.1. The van der Waals surface area contributed by atoms with Crippen LogP contribution in [0.5, 0.6) is 0 Å². The SMILES string of the molecule is CCNC(=NCC1CCN(CC)C1)N1CCC(COCc2ccccc2)C1. The second-order valence-corrected chi connectivity index (χ2v) is 7.84. The van der Waals surface area contributed by atoms with Gasteiger partial charge in [-0.05, 0) is 44.3 Å². The van der Waals surface area contributed by atoms with Crippen LogP contribution in [0.1, 0.15) is 32.3 Å². The Morgan fingerprint density at radius 3 is 2.67 bits per heavy atom. The molecule has 2 aliphatic rings. The second-order valence-electron chi connectivity index (χ2n) is 7.84. The van der Waals surface area contributed by atoms with Crippen molar-refractivity contribution in [3.8, 4) is 0 Å². The Bertz CT molecular complexity index is 577. The molecule has 1 N–H and O–H groups in total. The molecular weight excluding hydrogens is 336 g/mol. The van der Waals surface area contributed by atoms with Gasteiger partial charge in [0, 0.05) is 38.6 Å². The van der Waals surface area contributed by atoms with E-state index in [1.165, 1.54) is 31.5 Å². The first-order valence-electron chi connectivity index (χ1n) is 10.7. The van der Waals surface area contributed by atoms with E-state index >= 15 is 0 Å². The molecule has 2 heterocycles. The van der Waals surface area contributed by atoms with Gasteiger partial charge in [0.2, 0.25) is 0 Å². The van der Waals surface area contributed by atoms with Gasteiger partial charge in [-0.25, -0.2) is 0 Å². The van der Waals surface area contributed by atoms with Crippen molar-refractivity contribution in [2.75, 3.05) is 52.4 Å². The summed E-state index contributed by atoms with van der Waals surface area (Å²) in [6.45, 7) is 13.6. The number of aliphatic imine (C=N–C) groups is 1. The molecule has 0 aromatic heterocycles. The van der Waals surface area contributed by atoms with Crippen molar-refractivity contribution in [3.05, 3.63) is 35.9 Å². The van der Waals surface area contributed by atoms with Gasteiger partial charge in [0.05, 0.1) is 13.2 Å². The number of benzene rings is 1. The van der Waals surface area contributed by atoms with Gasteiger partial charge in [0.15, 0.2) is 5.96 Å². The summed E-state index contributed by atoms with van der Waals surface area (Å²) < 4.78 is 5.96. The zero-order valence-corrected chi connectivity index (χ0v) is 17.1. The zero-order chi connectivity index (χ0) is 18.9. The number of hydrogen-bond donors (Lipinski definition) is 1. The van der Waals surface area contributed by atoms with Gasteiger partial charge in [-0.15, -0.1) is 0 Å². The summed E-state index contributed by atoms with van der Waals surface area (Å²) >= 11 is 0. The molecule has 2 unspecified atom stereocenters. The largest absolute Gasteiger partial charge is 0.376 e. The summed E-state index contributed by atoms with van der Waals surface area (Å²) in [5.41, 5.74) is 1.25. The van der Waals surface area contributed by atoms with Crippen LogP contribution in [0.4, 0.5) is 0 Å². The second kappa shape index (κ2) is 10.7. The van der Waals surface area contributed by atoms with Crippen molar-refractivity contribution < 1.29 is 4.74 Å². The van der Waals surface area contributed by atoms with E-state index in [1.54, 1.807) is 0 Å².